The van der Waals surface area contributed by atoms with Gasteiger partial charge in [0.25, 0.3) is 5.91 Å². The Labute approximate surface area is 124 Å². The third kappa shape index (κ3) is 5.07. The van der Waals surface area contributed by atoms with E-state index in [0.717, 1.165) is 0 Å². The van der Waals surface area contributed by atoms with Crippen molar-refractivity contribution < 1.29 is 19.4 Å². The monoisotopic (exact) mass is 294 g/mol. The smallest absolute Gasteiger partial charge is 0.335 e. The van der Waals surface area contributed by atoms with E-state index >= 15 is 0 Å². The Balaban J connectivity index is 3.01. The predicted molar refractivity (Wildman–Crippen MR) is 80.1 cm³/mol. The van der Waals surface area contributed by atoms with Gasteiger partial charge in [-0.25, -0.2) is 4.79 Å². The average Bonchev–Trinajstić information content (AvgIpc) is 2.35. The molecule has 6 heteroatoms. The Bertz CT molecular complexity index is 538. The maximum atomic E-state index is 12.3. The van der Waals surface area contributed by atoms with Crippen LogP contribution in [0, 0.1) is 0 Å². The number of carbonyl (C=O) groups is 2. The van der Waals surface area contributed by atoms with Crippen LogP contribution in [0.5, 0.6) is 5.75 Å². The Hall–Kier alpha value is -2.08. The summed E-state index contributed by atoms with van der Waals surface area (Å²) >= 11 is 0. The van der Waals surface area contributed by atoms with E-state index in [1.807, 2.05) is 32.8 Å². The SMILES string of the molecule is COc1cc(C(=O)O)cc(C(=O)NC(C)(C)CN(C)C)c1. The van der Waals surface area contributed by atoms with E-state index in [1.165, 1.54) is 25.3 Å². The number of carboxylic acid groups (broad SMARTS) is 1. The highest BCUT2D eigenvalue weighted by atomic mass is 16.5. The van der Waals surface area contributed by atoms with Crippen molar-refractivity contribution >= 4 is 11.9 Å². The molecule has 1 rings (SSSR count). The number of likely N-dealkylation sites (N-methyl/N-ethyl adjacent to an activating group) is 1. The number of rotatable bonds is 6. The summed E-state index contributed by atoms with van der Waals surface area (Å²) in [5.74, 6) is -1.09. The average molecular weight is 294 g/mol. The van der Waals surface area contributed by atoms with Crippen LogP contribution in [0.1, 0.15) is 34.6 Å². The number of nitrogens with zero attached hydrogens (tertiary/aromatic N) is 1. The number of carboxylic acids is 1. The largest absolute Gasteiger partial charge is 0.497 e. The molecular weight excluding hydrogens is 272 g/mol. The summed E-state index contributed by atoms with van der Waals surface area (Å²) < 4.78 is 5.04. The van der Waals surface area contributed by atoms with Crippen LogP contribution in [0.25, 0.3) is 0 Å². The second-order valence-electron chi connectivity index (χ2n) is 5.83. The van der Waals surface area contributed by atoms with E-state index in [2.05, 4.69) is 5.32 Å². The normalized spacial score (nSPS) is 11.3. The van der Waals surface area contributed by atoms with Gasteiger partial charge in [0.05, 0.1) is 12.7 Å². The fourth-order valence-corrected chi connectivity index (χ4v) is 2.18. The highest BCUT2D eigenvalue weighted by Crippen LogP contribution is 2.18. The topological polar surface area (TPSA) is 78.9 Å². The van der Waals surface area contributed by atoms with Gasteiger partial charge in [-0.05, 0) is 46.1 Å². The van der Waals surface area contributed by atoms with Gasteiger partial charge in [0.15, 0.2) is 0 Å². The predicted octanol–water partition coefficient (Wildman–Crippen LogP) is 1.46. The molecule has 2 N–H and O–H groups in total. The van der Waals surface area contributed by atoms with E-state index in [1.54, 1.807) is 0 Å². The first kappa shape index (κ1) is 17.0. The minimum absolute atomic E-state index is 0.0184. The summed E-state index contributed by atoms with van der Waals surface area (Å²) in [6.45, 7) is 4.47. The molecule has 0 spiro atoms. The molecule has 0 atom stereocenters. The summed E-state index contributed by atoms with van der Waals surface area (Å²) in [5, 5.41) is 12.0. The molecule has 0 saturated carbocycles. The molecule has 0 fully saturated rings. The second kappa shape index (κ2) is 6.58. The van der Waals surface area contributed by atoms with Crippen LogP contribution in [0.4, 0.5) is 0 Å². The molecule has 21 heavy (non-hydrogen) atoms. The third-order valence-corrected chi connectivity index (χ3v) is 2.81. The van der Waals surface area contributed by atoms with Crippen LogP contribution in [-0.4, -0.2) is 55.2 Å². The van der Waals surface area contributed by atoms with Crippen molar-refractivity contribution in [3.63, 3.8) is 0 Å². The summed E-state index contributed by atoms with van der Waals surface area (Å²) in [7, 11) is 5.27. The molecule has 0 unspecified atom stereocenters. The van der Waals surface area contributed by atoms with Crippen molar-refractivity contribution in [2.24, 2.45) is 0 Å². The molecule has 0 radical (unpaired) electrons. The first-order valence-electron chi connectivity index (χ1n) is 6.54. The zero-order valence-electron chi connectivity index (χ0n) is 13.1. The summed E-state index contributed by atoms with van der Waals surface area (Å²) in [6.07, 6.45) is 0. The number of aromatic carboxylic acids is 1. The first-order valence-corrected chi connectivity index (χ1v) is 6.54. The van der Waals surface area contributed by atoms with Gasteiger partial charge in [-0.3, -0.25) is 4.79 Å². The highest BCUT2D eigenvalue weighted by Gasteiger charge is 2.23. The van der Waals surface area contributed by atoms with Gasteiger partial charge in [-0.1, -0.05) is 0 Å². The van der Waals surface area contributed by atoms with Gasteiger partial charge in [-0.2, -0.15) is 0 Å². The molecule has 6 nitrogen and oxygen atoms in total. The number of carbonyl (C=O) groups excluding carboxylic acids is 1. The molecule has 116 valence electrons. The van der Waals surface area contributed by atoms with Crippen molar-refractivity contribution in [3.8, 4) is 5.75 Å². The van der Waals surface area contributed by atoms with E-state index in [4.69, 9.17) is 9.84 Å². The van der Waals surface area contributed by atoms with E-state index in [9.17, 15) is 9.59 Å². The van der Waals surface area contributed by atoms with Crippen LogP contribution < -0.4 is 10.1 Å². The van der Waals surface area contributed by atoms with E-state index in [-0.39, 0.29) is 17.0 Å². The first-order chi connectivity index (χ1) is 9.64. The van der Waals surface area contributed by atoms with Crippen molar-refractivity contribution in [1.29, 1.82) is 0 Å². The zero-order chi connectivity index (χ0) is 16.2. The van der Waals surface area contributed by atoms with Crippen LogP contribution >= 0.6 is 0 Å². The lowest BCUT2D eigenvalue weighted by atomic mass is 10.0. The molecular formula is C15H22N2O4. The number of methoxy groups -OCH3 is 1. The minimum Gasteiger partial charge on any atom is -0.497 e. The standard InChI is InChI=1S/C15H22N2O4/c1-15(2,9-17(3)4)16-13(18)10-6-11(14(19)20)8-12(7-10)21-5/h6-8H,9H2,1-5H3,(H,16,18)(H,19,20). The van der Waals surface area contributed by atoms with Gasteiger partial charge < -0.3 is 20.1 Å². The molecule has 0 aliphatic heterocycles. The van der Waals surface area contributed by atoms with Crippen molar-refractivity contribution in [1.82, 2.24) is 10.2 Å². The molecule has 1 aromatic carbocycles. The Kier molecular flexibility index (Phi) is 5.32. The minimum atomic E-state index is -1.10. The molecule has 1 amide bonds. The number of nitrogens with one attached hydrogen (secondary N) is 1. The molecule has 0 bridgehead atoms. The number of amides is 1. The summed E-state index contributed by atoms with van der Waals surface area (Å²) in [6, 6.07) is 4.24. The molecule has 0 aliphatic rings. The van der Waals surface area contributed by atoms with Crippen molar-refractivity contribution in [2.75, 3.05) is 27.7 Å². The fourth-order valence-electron chi connectivity index (χ4n) is 2.18. The molecule has 0 saturated heterocycles. The third-order valence-electron chi connectivity index (χ3n) is 2.81. The second-order valence-corrected chi connectivity index (χ2v) is 5.83. The van der Waals surface area contributed by atoms with Crippen molar-refractivity contribution in [2.45, 2.75) is 19.4 Å². The Morgan fingerprint density at radius 3 is 2.29 bits per heavy atom. The molecule has 0 heterocycles. The van der Waals surface area contributed by atoms with Crippen molar-refractivity contribution in [3.05, 3.63) is 29.3 Å². The van der Waals surface area contributed by atoms with Gasteiger partial charge in [-0.15, -0.1) is 0 Å². The summed E-state index contributed by atoms with van der Waals surface area (Å²) in [4.78, 5) is 25.4. The number of hydrogen-bond donors (Lipinski definition) is 2. The zero-order valence-corrected chi connectivity index (χ0v) is 13.1. The van der Waals surface area contributed by atoms with E-state index < -0.39 is 11.5 Å². The maximum absolute atomic E-state index is 12.3. The molecule has 1 aromatic rings. The summed E-state index contributed by atoms with van der Waals surface area (Å²) in [5.41, 5.74) is -0.156. The van der Waals surface area contributed by atoms with Gasteiger partial charge in [0, 0.05) is 17.6 Å². The van der Waals surface area contributed by atoms with Crippen LogP contribution in [0.2, 0.25) is 0 Å². The lowest BCUT2D eigenvalue weighted by Gasteiger charge is -2.29. The van der Waals surface area contributed by atoms with Crippen LogP contribution in [0.15, 0.2) is 18.2 Å². The number of hydrogen-bond acceptors (Lipinski definition) is 4. The number of benzene rings is 1. The van der Waals surface area contributed by atoms with Gasteiger partial charge in [0.1, 0.15) is 5.75 Å². The van der Waals surface area contributed by atoms with Gasteiger partial charge >= 0.3 is 5.97 Å². The number of ether oxygens (including phenoxy) is 1. The van der Waals surface area contributed by atoms with E-state index in [0.29, 0.717) is 12.3 Å². The Morgan fingerprint density at radius 1 is 1.24 bits per heavy atom. The van der Waals surface area contributed by atoms with Gasteiger partial charge in [0.2, 0.25) is 0 Å². The highest BCUT2D eigenvalue weighted by molar-refractivity contribution is 5.98. The molecule has 0 aromatic heterocycles. The van der Waals surface area contributed by atoms with Crippen LogP contribution in [-0.2, 0) is 0 Å². The lowest BCUT2D eigenvalue weighted by molar-refractivity contribution is 0.0696. The quantitative estimate of drug-likeness (QED) is 0.830. The maximum Gasteiger partial charge on any atom is 0.335 e. The Morgan fingerprint density at radius 2 is 1.81 bits per heavy atom. The molecule has 0 aliphatic carbocycles. The van der Waals surface area contributed by atoms with Crippen LogP contribution in [0.3, 0.4) is 0 Å². The fraction of sp³-hybridized carbons (Fsp3) is 0.467. The lowest BCUT2D eigenvalue weighted by Crippen LogP contribution is -2.50.